The zero-order valence-electron chi connectivity index (χ0n) is 9.30. The molecule has 2 N–H and O–H groups in total. The monoisotopic (exact) mass is 231 g/mol. The van der Waals surface area contributed by atoms with E-state index in [0.717, 1.165) is 12.8 Å². The molecular formula is C12H13N3O2. The van der Waals surface area contributed by atoms with Crippen molar-refractivity contribution < 1.29 is 9.53 Å². The molecule has 17 heavy (non-hydrogen) atoms. The van der Waals surface area contributed by atoms with E-state index in [2.05, 4.69) is 0 Å². The molecule has 1 unspecified atom stereocenters. The SMILES string of the molecule is NC1=[N+]([O-])C2=CCCCC2C(=O)n2cccc21. The van der Waals surface area contributed by atoms with Crippen LogP contribution < -0.4 is 5.73 Å². The van der Waals surface area contributed by atoms with Gasteiger partial charge >= 0.3 is 0 Å². The number of hydrogen-bond acceptors (Lipinski definition) is 3. The minimum Gasteiger partial charge on any atom is -0.710 e. The molecule has 1 aliphatic carbocycles. The van der Waals surface area contributed by atoms with Gasteiger partial charge in [-0.15, -0.1) is 0 Å². The summed E-state index contributed by atoms with van der Waals surface area (Å²) in [5.41, 5.74) is 6.81. The van der Waals surface area contributed by atoms with Gasteiger partial charge in [-0.25, -0.2) is 4.74 Å². The predicted octanol–water partition coefficient (Wildman–Crippen LogP) is 1.04. The first kappa shape index (κ1) is 10.1. The first-order chi connectivity index (χ1) is 8.20. The molecule has 0 aromatic carbocycles. The predicted molar refractivity (Wildman–Crippen MR) is 62.4 cm³/mol. The number of hydrogen-bond donors (Lipinski definition) is 1. The van der Waals surface area contributed by atoms with Crippen molar-refractivity contribution in [2.75, 3.05) is 0 Å². The Bertz CT molecular complexity index is 554. The first-order valence-corrected chi connectivity index (χ1v) is 5.72. The topological polar surface area (TPSA) is 74.1 Å². The van der Waals surface area contributed by atoms with Crippen LogP contribution in [0.25, 0.3) is 0 Å². The Morgan fingerprint density at radius 3 is 3.18 bits per heavy atom. The van der Waals surface area contributed by atoms with Crippen molar-refractivity contribution in [3.63, 3.8) is 0 Å². The molecule has 0 spiro atoms. The second-order valence-electron chi connectivity index (χ2n) is 4.39. The van der Waals surface area contributed by atoms with Crippen LogP contribution >= 0.6 is 0 Å². The third-order valence-corrected chi connectivity index (χ3v) is 3.41. The zero-order chi connectivity index (χ0) is 12.0. The lowest BCUT2D eigenvalue weighted by Crippen LogP contribution is -2.27. The first-order valence-electron chi connectivity index (χ1n) is 5.72. The molecule has 5 heteroatoms. The maximum atomic E-state index is 12.3. The summed E-state index contributed by atoms with van der Waals surface area (Å²) >= 11 is 0. The molecule has 88 valence electrons. The van der Waals surface area contributed by atoms with Gasteiger partial charge in [-0.1, -0.05) is 0 Å². The molecule has 5 nitrogen and oxygen atoms in total. The van der Waals surface area contributed by atoms with E-state index in [1.165, 1.54) is 4.57 Å². The lowest BCUT2D eigenvalue weighted by molar-refractivity contribution is -0.409. The van der Waals surface area contributed by atoms with Crippen molar-refractivity contribution >= 4 is 11.7 Å². The number of nitrogens with zero attached hydrogens (tertiary/aromatic N) is 2. The van der Waals surface area contributed by atoms with Crippen LogP contribution in [0.4, 0.5) is 0 Å². The van der Waals surface area contributed by atoms with E-state index in [1.807, 2.05) is 6.08 Å². The maximum Gasteiger partial charge on any atom is 0.300 e. The number of hydroxylamine groups is 1. The number of rotatable bonds is 0. The van der Waals surface area contributed by atoms with Crippen molar-refractivity contribution in [1.29, 1.82) is 0 Å². The van der Waals surface area contributed by atoms with Crippen LogP contribution in [0.15, 0.2) is 30.1 Å². The van der Waals surface area contributed by atoms with Gasteiger partial charge in [0.15, 0.2) is 0 Å². The molecule has 0 fully saturated rings. The molecule has 3 rings (SSSR count). The highest BCUT2D eigenvalue weighted by Gasteiger charge is 2.35. The minimum absolute atomic E-state index is 0.0581. The second kappa shape index (κ2) is 3.48. The molecule has 0 bridgehead atoms. The van der Waals surface area contributed by atoms with E-state index in [-0.39, 0.29) is 17.7 Å². The van der Waals surface area contributed by atoms with Gasteiger partial charge in [0.1, 0.15) is 17.3 Å². The van der Waals surface area contributed by atoms with E-state index >= 15 is 0 Å². The summed E-state index contributed by atoms with van der Waals surface area (Å²) in [5.74, 6) is -0.315. The van der Waals surface area contributed by atoms with E-state index in [0.29, 0.717) is 22.6 Å². The number of carbonyl (C=O) groups excluding carboxylic acids is 1. The summed E-state index contributed by atoms with van der Waals surface area (Å²) in [7, 11) is 0. The average molecular weight is 231 g/mol. The number of amidine groups is 1. The van der Waals surface area contributed by atoms with E-state index in [4.69, 9.17) is 5.73 Å². The molecule has 1 aliphatic heterocycles. The molecule has 0 saturated carbocycles. The van der Waals surface area contributed by atoms with Crippen LogP contribution in [0.5, 0.6) is 0 Å². The fourth-order valence-electron chi connectivity index (χ4n) is 2.53. The van der Waals surface area contributed by atoms with Crippen molar-refractivity contribution in [2.45, 2.75) is 19.3 Å². The average Bonchev–Trinajstić information content (AvgIpc) is 2.82. The van der Waals surface area contributed by atoms with Gasteiger partial charge in [0.05, 0.1) is 0 Å². The smallest absolute Gasteiger partial charge is 0.300 e. The Kier molecular flexibility index (Phi) is 2.07. The van der Waals surface area contributed by atoms with Crippen LogP contribution in [0.3, 0.4) is 0 Å². The van der Waals surface area contributed by atoms with Crippen LogP contribution in [0.2, 0.25) is 0 Å². The highest BCUT2D eigenvalue weighted by molar-refractivity contribution is 5.99. The molecule has 1 atom stereocenters. The van der Waals surface area contributed by atoms with E-state index in [9.17, 15) is 10.0 Å². The second-order valence-corrected chi connectivity index (χ2v) is 4.39. The molecule has 0 saturated heterocycles. The number of carbonyl (C=O) groups is 1. The summed E-state index contributed by atoms with van der Waals surface area (Å²) in [5, 5.41) is 12.1. The summed E-state index contributed by atoms with van der Waals surface area (Å²) in [6.45, 7) is 0. The summed E-state index contributed by atoms with van der Waals surface area (Å²) < 4.78 is 2.19. The maximum absolute atomic E-state index is 12.3. The molecular weight excluding hydrogens is 218 g/mol. The number of fused-ring (bicyclic) bond motifs is 2. The Labute approximate surface area is 98.4 Å². The van der Waals surface area contributed by atoms with Gasteiger partial charge in [0.25, 0.3) is 5.84 Å². The van der Waals surface area contributed by atoms with Gasteiger partial charge in [-0.05, 0) is 37.5 Å². The van der Waals surface area contributed by atoms with Gasteiger partial charge in [-0.2, -0.15) is 0 Å². The third kappa shape index (κ3) is 1.32. The number of allylic oxidation sites excluding steroid dienone is 2. The minimum atomic E-state index is -0.353. The molecule has 1 aromatic heterocycles. The Morgan fingerprint density at radius 2 is 2.35 bits per heavy atom. The van der Waals surface area contributed by atoms with Crippen LogP contribution in [-0.2, 0) is 0 Å². The lowest BCUT2D eigenvalue weighted by Gasteiger charge is -2.22. The normalized spacial score (nSPS) is 23.9. The molecule has 0 radical (unpaired) electrons. The standard InChI is InChI=1S/C12H13N3O2/c13-11-10-6-3-7-14(10)12(16)8-4-1-2-5-9(8)15(11)17/h3,5-8H,1-2,4,13H2. The number of nitrogens with two attached hydrogens (primary N) is 1. The molecule has 0 amide bonds. The molecule has 2 heterocycles. The summed E-state index contributed by atoms with van der Waals surface area (Å²) in [6.07, 6.45) is 5.98. The Hall–Kier alpha value is -2.04. The van der Waals surface area contributed by atoms with Crippen LogP contribution in [0.1, 0.15) is 29.8 Å². The fourth-order valence-corrected chi connectivity index (χ4v) is 2.53. The van der Waals surface area contributed by atoms with Gasteiger partial charge in [-0.3, -0.25) is 15.1 Å². The third-order valence-electron chi connectivity index (χ3n) is 3.41. The van der Waals surface area contributed by atoms with Crippen molar-refractivity contribution in [1.82, 2.24) is 4.57 Å². The highest BCUT2D eigenvalue weighted by atomic mass is 16.5. The van der Waals surface area contributed by atoms with Crippen molar-refractivity contribution in [3.05, 3.63) is 41.0 Å². The number of aromatic nitrogens is 1. The largest absolute Gasteiger partial charge is 0.710 e. The molecule has 2 aliphatic rings. The van der Waals surface area contributed by atoms with Gasteiger partial charge in [0.2, 0.25) is 5.91 Å². The van der Waals surface area contributed by atoms with Gasteiger partial charge < -0.3 is 5.21 Å². The lowest BCUT2D eigenvalue weighted by atomic mass is 9.91. The summed E-state index contributed by atoms with van der Waals surface area (Å²) in [4.78, 5) is 12.3. The van der Waals surface area contributed by atoms with E-state index in [1.54, 1.807) is 18.3 Å². The Morgan fingerprint density at radius 1 is 1.53 bits per heavy atom. The Balaban J connectivity index is 2.26. The van der Waals surface area contributed by atoms with Crippen LogP contribution in [-0.4, -0.2) is 21.0 Å². The highest BCUT2D eigenvalue weighted by Crippen LogP contribution is 2.29. The quantitative estimate of drug-likeness (QED) is 0.535. The van der Waals surface area contributed by atoms with Gasteiger partial charge in [0, 0.05) is 6.20 Å². The van der Waals surface area contributed by atoms with Crippen molar-refractivity contribution in [3.8, 4) is 0 Å². The fraction of sp³-hybridized carbons (Fsp3) is 0.333. The van der Waals surface area contributed by atoms with Crippen molar-refractivity contribution in [2.24, 2.45) is 11.7 Å². The van der Waals surface area contributed by atoms with Crippen LogP contribution in [0, 0.1) is 11.1 Å². The summed E-state index contributed by atoms with van der Waals surface area (Å²) in [6, 6.07) is 3.42. The van der Waals surface area contributed by atoms with E-state index < -0.39 is 0 Å². The molecule has 1 aromatic rings. The zero-order valence-corrected chi connectivity index (χ0v) is 9.30.